The van der Waals surface area contributed by atoms with Crippen LogP contribution in [0.1, 0.15) is 0 Å². The van der Waals surface area contributed by atoms with Crippen molar-refractivity contribution < 1.29 is 17.6 Å². The van der Waals surface area contributed by atoms with Gasteiger partial charge < -0.3 is 9.47 Å². The third-order valence-corrected chi connectivity index (χ3v) is 8.39. The van der Waals surface area contributed by atoms with Gasteiger partial charge in [-0.05, 0) is 30.3 Å². The number of thioether (sulfide) groups is 1. The molecule has 1 aromatic heterocycles. The van der Waals surface area contributed by atoms with Gasteiger partial charge >= 0.3 is 0 Å². The minimum absolute atomic E-state index is 0.0592. The van der Waals surface area contributed by atoms with Crippen molar-refractivity contribution in [1.82, 2.24) is 18.8 Å². The molecule has 0 bridgehead atoms. The van der Waals surface area contributed by atoms with E-state index in [2.05, 4.69) is 4.98 Å². The van der Waals surface area contributed by atoms with Crippen LogP contribution in [0.4, 0.5) is 4.39 Å². The molecule has 0 aliphatic carbocycles. The predicted molar refractivity (Wildman–Crippen MR) is 118 cm³/mol. The van der Waals surface area contributed by atoms with Crippen LogP contribution < -0.4 is 0 Å². The van der Waals surface area contributed by atoms with E-state index in [-0.39, 0.29) is 47.8 Å². The summed E-state index contributed by atoms with van der Waals surface area (Å²) in [6, 6.07) is 11.1. The molecule has 0 N–H and O–H groups in total. The van der Waals surface area contributed by atoms with Crippen LogP contribution in [0.25, 0.3) is 11.0 Å². The van der Waals surface area contributed by atoms with E-state index in [1.165, 1.54) is 22.1 Å². The van der Waals surface area contributed by atoms with Crippen LogP contribution in [-0.4, -0.2) is 65.0 Å². The van der Waals surface area contributed by atoms with Crippen molar-refractivity contribution in [3.05, 3.63) is 53.3 Å². The van der Waals surface area contributed by atoms with E-state index in [0.717, 1.165) is 28.3 Å². The normalized spacial score (nSPS) is 15.5. The molecule has 164 valence electrons. The predicted octanol–water partition coefficient (Wildman–Crippen LogP) is 2.99. The minimum atomic E-state index is -3.80. The number of aromatic nitrogens is 2. The molecule has 1 aliphatic rings. The quantitative estimate of drug-likeness (QED) is 0.522. The number of fused-ring (bicyclic) bond motifs is 1. The average Bonchev–Trinajstić information content (AvgIpc) is 3.09. The Bertz CT molecular complexity index is 1240. The van der Waals surface area contributed by atoms with E-state index >= 15 is 0 Å². The third kappa shape index (κ3) is 4.43. The van der Waals surface area contributed by atoms with Crippen molar-refractivity contribution in [2.24, 2.45) is 7.05 Å². The van der Waals surface area contributed by atoms with Crippen LogP contribution in [0, 0.1) is 5.82 Å². The highest BCUT2D eigenvalue weighted by atomic mass is 35.5. The number of para-hydroxylation sites is 2. The molecule has 1 saturated heterocycles. The summed E-state index contributed by atoms with van der Waals surface area (Å²) in [6.07, 6.45) is 0. The van der Waals surface area contributed by atoms with E-state index < -0.39 is 15.8 Å². The van der Waals surface area contributed by atoms with Gasteiger partial charge in [-0.15, -0.1) is 0 Å². The van der Waals surface area contributed by atoms with Gasteiger partial charge in [0, 0.05) is 33.2 Å². The largest absolute Gasteiger partial charge is 0.339 e. The monoisotopic (exact) mass is 482 g/mol. The number of aryl methyl sites for hydroxylation is 1. The number of imidazole rings is 1. The number of sulfonamides is 1. The number of hydrogen-bond acceptors (Lipinski definition) is 5. The van der Waals surface area contributed by atoms with Crippen molar-refractivity contribution in [2.45, 2.75) is 10.1 Å². The van der Waals surface area contributed by atoms with Crippen molar-refractivity contribution in [2.75, 3.05) is 31.9 Å². The maximum Gasteiger partial charge on any atom is 0.243 e. The number of hydrogen-bond donors (Lipinski definition) is 0. The lowest BCUT2D eigenvalue weighted by molar-refractivity contribution is -0.129. The second-order valence-electron chi connectivity index (χ2n) is 7.09. The third-order valence-electron chi connectivity index (χ3n) is 5.19. The minimum Gasteiger partial charge on any atom is -0.339 e. The summed E-state index contributed by atoms with van der Waals surface area (Å²) in [5.74, 6) is -0.523. The van der Waals surface area contributed by atoms with Crippen LogP contribution in [-0.2, 0) is 21.9 Å². The standard InChI is InChI=1S/C20H20ClFN4O3S2/c1-24-18-5-3-2-4-17(18)23-20(24)30-13-19(27)25-8-10-26(11-9-25)31(28,29)14-6-7-16(22)15(21)12-14/h2-7,12H,8-11,13H2,1H3. The van der Waals surface area contributed by atoms with Gasteiger partial charge in [0.05, 0.1) is 26.7 Å². The summed E-state index contributed by atoms with van der Waals surface area (Å²) in [6.45, 7) is 0.909. The van der Waals surface area contributed by atoms with Crippen LogP contribution in [0.3, 0.4) is 0 Å². The fourth-order valence-corrected chi connectivity index (χ4v) is 6.02. The van der Waals surface area contributed by atoms with Crippen molar-refractivity contribution in [3.8, 4) is 0 Å². The second-order valence-corrected chi connectivity index (χ2v) is 10.4. The molecule has 2 heterocycles. The topological polar surface area (TPSA) is 75.5 Å². The first kappa shape index (κ1) is 22.1. The molecule has 0 unspecified atom stereocenters. The molecular weight excluding hydrogens is 463 g/mol. The zero-order chi connectivity index (χ0) is 22.2. The van der Waals surface area contributed by atoms with Gasteiger partial charge in [-0.3, -0.25) is 4.79 Å². The number of nitrogens with zero attached hydrogens (tertiary/aromatic N) is 4. The van der Waals surface area contributed by atoms with Gasteiger partial charge in [-0.2, -0.15) is 4.31 Å². The molecule has 3 aromatic rings. The zero-order valence-corrected chi connectivity index (χ0v) is 19.1. The highest BCUT2D eigenvalue weighted by molar-refractivity contribution is 7.99. The summed E-state index contributed by atoms with van der Waals surface area (Å²) >= 11 is 7.09. The summed E-state index contributed by atoms with van der Waals surface area (Å²) in [4.78, 5) is 18.8. The maximum atomic E-state index is 13.4. The van der Waals surface area contributed by atoms with Gasteiger partial charge in [0.2, 0.25) is 15.9 Å². The molecule has 11 heteroatoms. The molecule has 0 saturated carbocycles. The number of amides is 1. The maximum absolute atomic E-state index is 13.4. The summed E-state index contributed by atoms with van der Waals surface area (Å²) in [5.41, 5.74) is 1.87. The molecular formula is C20H20ClFN4O3S2. The molecule has 0 radical (unpaired) electrons. The van der Waals surface area contributed by atoms with Crippen molar-refractivity contribution in [3.63, 3.8) is 0 Å². The Hall–Kier alpha value is -2.14. The lowest BCUT2D eigenvalue weighted by Crippen LogP contribution is -2.51. The van der Waals surface area contributed by atoms with E-state index in [1.54, 1.807) is 4.90 Å². The van der Waals surface area contributed by atoms with Crippen molar-refractivity contribution in [1.29, 1.82) is 0 Å². The van der Waals surface area contributed by atoms with E-state index in [4.69, 9.17) is 11.6 Å². The Morgan fingerprint density at radius 3 is 2.55 bits per heavy atom. The number of carbonyl (C=O) groups excluding carboxylic acids is 1. The molecule has 1 fully saturated rings. The smallest absolute Gasteiger partial charge is 0.243 e. The fraction of sp³-hybridized carbons (Fsp3) is 0.300. The molecule has 31 heavy (non-hydrogen) atoms. The van der Waals surface area contributed by atoms with Crippen molar-refractivity contribution >= 4 is 50.3 Å². The van der Waals surface area contributed by atoms with Crippen LogP contribution in [0.15, 0.2) is 52.5 Å². The van der Waals surface area contributed by atoms with Gasteiger partial charge in [0.1, 0.15) is 5.82 Å². The lowest BCUT2D eigenvalue weighted by Gasteiger charge is -2.34. The van der Waals surface area contributed by atoms with Crippen LogP contribution in [0.2, 0.25) is 5.02 Å². The molecule has 2 aromatic carbocycles. The highest BCUT2D eigenvalue weighted by Crippen LogP contribution is 2.25. The van der Waals surface area contributed by atoms with Gasteiger partial charge in [-0.1, -0.05) is 35.5 Å². The summed E-state index contributed by atoms with van der Waals surface area (Å²) in [5, 5.41) is 0.512. The Morgan fingerprint density at radius 1 is 1.16 bits per heavy atom. The number of carbonyl (C=O) groups is 1. The average molecular weight is 483 g/mol. The summed E-state index contributed by atoms with van der Waals surface area (Å²) < 4.78 is 42.2. The molecule has 4 rings (SSSR count). The van der Waals surface area contributed by atoms with Gasteiger partial charge in [0.25, 0.3) is 0 Å². The Kier molecular flexibility index (Phi) is 6.25. The number of rotatable bonds is 5. The molecule has 1 amide bonds. The van der Waals surface area contributed by atoms with Gasteiger partial charge in [0.15, 0.2) is 5.16 Å². The van der Waals surface area contributed by atoms with E-state index in [1.807, 2.05) is 35.9 Å². The first-order chi connectivity index (χ1) is 14.8. The van der Waals surface area contributed by atoms with Crippen LogP contribution >= 0.6 is 23.4 Å². The van der Waals surface area contributed by atoms with E-state index in [9.17, 15) is 17.6 Å². The Morgan fingerprint density at radius 2 is 1.87 bits per heavy atom. The first-order valence-corrected chi connectivity index (χ1v) is 12.3. The number of benzene rings is 2. The number of piperazine rings is 1. The Balaban J connectivity index is 1.36. The SMILES string of the molecule is Cn1c(SCC(=O)N2CCN(S(=O)(=O)c3ccc(F)c(Cl)c3)CC2)nc2ccccc21. The lowest BCUT2D eigenvalue weighted by atomic mass is 10.3. The fourth-order valence-electron chi connectivity index (χ4n) is 3.43. The zero-order valence-electron chi connectivity index (χ0n) is 16.7. The summed E-state index contributed by atoms with van der Waals surface area (Å²) in [7, 11) is -1.89. The second kappa shape index (κ2) is 8.78. The first-order valence-electron chi connectivity index (χ1n) is 9.54. The van der Waals surface area contributed by atoms with Crippen LogP contribution in [0.5, 0.6) is 0 Å². The van der Waals surface area contributed by atoms with E-state index in [0.29, 0.717) is 0 Å². The molecule has 0 spiro atoms. The molecule has 7 nitrogen and oxygen atoms in total. The molecule has 1 aliphatic heterocycles. The molecule has 0 atom stereocenters. The Labute approximate surface area is 188 Å². The van der Waals surface area contributed by atoms with Gasteiger partial charge in [-0.25, -0.2) is 17.8 Å². The number of halogens is 2. The highest BCUT2D eigenvalue weighted by Gasteiger charge is 2.30.